The van der Waals surface area contributed by atoms with Crippen molar-refractivity contribution in [3.8, 4) is 11.5 Å². The average molecular weight is 329 g/mol. The highest BCUT2D eigenvalue weighted by molar-refractivity contribution is 5.98. The molecule has 0 bridgehead atoms. The number of rotatable bonds is 6. The molecule has 24 heavy (non-hydrogen) atoms. The van der Waals surface area contributed by atoms with Crippen molar-refractivity contribution >= 4 is 5.78 Å². The summed E-state index contributed by atoms with van der Waals surface area (Å²) in [6.07, 6.45) is 0. The fraction of sp³-hybridized carbons (Fsp3) is 0.450. The van der Waals surface area contributed by atoms with Gasteiger partial charge >= 0.3 is 0 Å². The van der Waals surface area contributed by atoms with Crippen LogP contribution in [0.3, 0.4) is 0 Å². The average Bonchev–Trinajstić information content (AvgIpc) is 2.81. The molecule has 0 atom stereocenters. The van der Waals surface area contributed by atoms with Gasteiger partial charge in [-0.25, -0.2) is 0 Å². The molecule has 1 aromatic heterocycles. The molecule has 0 saturated carbocycles. The quantitative estimate of drug-likeness (QED) is 0.732. The minimum Gasteiger partial charge on any atom is -0.494 e. The predicted molar refractivity (Wildman–Crippen MR) is 96.3 cm³/mol. The molecule has 0 aliphatic carbocycles. The number of hydrogen-bond donors (Lipinski definition) is 0. The van der Waals surface area contributed by atoms with Gasteiger partial charge in [0.15, 0.2) is 6.61 Å². The molecule has 4 heteroatoms. The Hall–Kier alpha value is -2.23. The Labute approximate surface area is 144 Å². The largest absolute Gasteiger partial charge is 0.494 e. The lowest BCUT2D eigenvalue weighted by Crippen LogP contribution is -2.24. The second-order valence-electron chi connectivity index (χ2n) is 6.91. The number of ether oxygens (including phenoxy) is 2. The molecule has 0 aliphatic heterocycles. The number of aryl methyl sites for hydroxylation is 1. The molecular formula is C20H27NO3. The summed E-state index contributed by atoms with van der Waals surface area (Å²) in [6.45, 7) is 13.0. The number of nitrogens with zero attached hydrogens (tertiary/aromatic N) is 1. The lowest BCUT2D eigenvalue weighted by atomic mass is 10.1. The van der Waals surface area contributed by atoms with Crippen LogP contribution >= 0.6 is 0 Å². The van der Waals surface area contributed by atoms with Crippen LogP contribution in [-0.4, -0.2) is 23.6 Å². The van der Waals surface area contributed by atoms with Crippen LogP contribution in [0.5, 0.6) is 11.5 Å². The first kappa shape index (κ1) is 18.1. The smallest absolute Gasteiger partial charge is 0.202 e. The second kappa shape index (κ2) is 7.12. The van der Waals surface area contributed by atoms with Gasteiger partial charge < -0.3 is 14.0 Å². The Kier molecular flexibility index (Phi) is 5.37. The number of hydrogen-bond acceptors (Lipinski definition) is 3. The summed E-state index contributed by atoms with van der Waals surface area (Å²) in [5, 5.41) is 0. The highest BCUT2D eigenvalue weighted by Crippen LogP contribution is 2.25. The van der Waals surface area contributed by atoms with Crippen molar-refractivity contribution < 1.29 is 14.3 Å². The van der Waals surface area contributed by atoms with Crippen molar-refractivity contribution in [1.29, 1.82) is 0 Å². The number of Topliss-reactive ketones (excluding diaryl/α,β-unsaturated/α-hetero) is 1. The third-order valence-corrected chi connectivity index (χ3v) is 3.91. The van der Waals surface area contributed by atoms with Gasteiger partial charge in [-0.2, -0.15) is 0 Å². The molecular weight excluding hydrogens is 302 g/mol. The fourth-order valence-corrected chi connectivity index (χ4v) is 3.10. The number of carbonyl (C=O) groups is 1. The molecule has 2 aromatic rings. The van der Waals surface area contributed by atoms with Gasteiger partial charge in [0.1, 0.15) is 11.5 Å². The summed E-state index contributed by atoms with van der Waals surface area (Å²) < 4.78 is 13.2. The zero-order chi connectivity index (χ0) is 17.9. The highest BCUT2D eigenvalue weighted by Gasteiger charge is 2.22. The summed E-state index contributed by atoms with van der Waals surface area (Å²) in [6, 6.07) is 9.27. The number of carbonyl (C=O) groups excluding carboxylic acids is 1. The third-order valence-electron chi connectivity index (χ3n) is 3.91. The Morgan fingerprint density at radius 2 is 1.58 bits per heavy atom. The Bertz CT molecular complexity index is 706. The van der Waals surface area contributed by atoms with Gasteiger partial charge in [-0.1, -0.05) is 0 Å². The summed E-state index contributed by atoms with van der Waals surface area (Å²) in [4.78, 5) is 12.5. The Morgan fingerprint density at radius 3 is 2.04 bits per heavy atom. The van der Waals surface area contributed by atoms with Gasteiger partial charge in [-0.3, -0.25) is 4.79 Å². The fourth-order valence-electron chi connectivity index (χ4n) is 3.10. The van der Waals surface area contributed by atoms with E-state index in [1.54, 1.807) is 0 Å². The Balaban J connectivity index is 2.08. The molecule has 0 radical (unpaired) electrons. The van der Waals surface area contributed by atoms with Crippen molar-refractivity contribution in [3.63, 3.8) is 0 Å². The van der Waals surface area contributed by atoms with Crippen LogP contribution < -0.4 is 9.47 Å². The zero-order valence-corrected chi connectivity index (χ0v) is 15.5. The number of ketones is 1. The van der Waals surface area contributed by atoms with E-state index in [0.717, 1.165) is 22.7 Å². The second-order valence-corrected chi connectivity index (χ2v) is 6.91. The molecule has 130 valence electrons. The van der Waals surface area contributed by atoms with E-state index in [2.05, 4.69) is 25.3 Å². The minimum absolute atomic E-state index is 0.00696. The zero-order valence-electron chi connectivity index (χ0n) is 15.5. The molecule has 0 unspecified atom stereocenters. The van der Waals surface area contributed by atoms with Crippen LogP contribution in [0.15, 0.2) is 30.3 Å². The van der Waals surface area contributed by atoms with Crippen LogP contribution in [0.2, 0.25) is 0 Å². The van der Waals surface area contributed by atoms with Crippen molar-refractivity contribution in [1.82, 2.24) is 4.57 Å². The maximum absolute atomic E-state index is 12.5. The van der Waals surface area contributed by atoms with E-state index < -0.39 is 0 Å². The molecule has 0 amide bonds. The molecule has 0 spiro atoms. The molecule has 0 saturated heterocycles. The molecule has 4 nitrogen and oxygen atoms in total. The van der Waals surface area contributed by atoms with Gasteiger partial charge in [0.2, 0.25) is 5.78 Å². The Morgan fingerprint density at radius 1 is 1.04 bits per heavy atom. The van der Waals surface area contributed by atoms with Crippen molar-refractivity contribution in [3.05, 3.63) is 47.3 Å². The summed E-state index contributed by atoms with van der Waals surface area (Å²) in [5.74, 6) is 1.45. The summed E-state index contributed by atoms with van der Waals surface area (Å²) in [7, 11) is 0. The number of benzene rings is 1. The van der Waals surface area contributed by atoms with E-state index in [4.69, 9.17) is 9.47 Å². The van der Waals surface area contributed by atoms with Gasteiger partial charge in [-0.05, 0) is 71.9 Å². The van der Waals surface area contributed by atoms with E-state index in [1.165, 1.54) is 0 Å². The van der Waals surface area contributed by atoms with Gasteiger partial charge in [0, 0.05) is 22.5 Å². The van der Waals surface area contributed by atoms with Crippen molar-refractivity contribution in [2.45, 2.75) is 47.1 Å². The number of aromatic nitrogens is 1. The minimum atomic E-state index is -0.0529. The monoisotopic (exact) mass is 329 g/mol. The van der Waals surface area contributed by atoms with E-state index in [9.17, 15) is 4.79 Å². The third kappa shape index (κ3) is 3.99. The summed E-state index contributed by atoms with van der Waals surface area (Å²) >= 11 is 0. The SMILES string of the molecule is CCOc1ccc(OCC(=O)c2cc(C)n(C(C)(C)C)c2C)cc1. The van der Waals surface area contributed by atoms with Crippen LogP contribution in [0.25, 0.3) is 0 Å². The van der Waals surface area contributed by atoms with Crippen LogP contribution in [-0.2, 0) is 5.54 Å². The predicted octanol–water partition coefficient (Wildman–Crippen LogP) is 4.52. The maximum atomic E-state index is 12.5. The van der Waals surface area contributed by atoms with Gasteiger partial charge in [0.25, 0.3) is 0 Å². The van der Waals surface area contributed by atoms with Gasteiger partial charge in [-0.15, -0.1) is 0 Å². The van der Waals surface area contributed by atoms with Crippen molar-refractivity contribution in [2.24, 2.45) is 0 Å². The first-order chi connectivity index (χ1) is 11.2. The molecule has 0 fully saturated rings. The maximum Gasteiger partial charge on any atom is 0.202 e. The van der Waals surface area contributed by atoms with Crippen LogP contribution in [0.4, 0.5) is 0 Å². The van der Waals surface area contributed by atoms with E-state index in [0.29, 0.717) is 12.4 Å². The van der Waals surface area contributed by atoms with Crippen LogP contribution in [0.1, 0.15) is 49.4 Å². The first-order valence-electron chi connectivity index (χ1n) is 8.32. The normalized spacial score (nSPS) is 11.4. The topological polar surface area (TPSA) is 40.5 Å². The molecule has 2 rings (SSSR count). The van der Waals surface area contributed by atoms with E-state index in [1.807, 2.05) is 51.1 Å². The standard InChI is InChI=1S/C20H27NO3/c1-7-23-16-8-10-17(11-9-16)24-13-19(22)18-12-14(2)21(15(18)3)20(4,5)6/h8-12H,7,13H2,1-6H3. The van der Waals surface area contributed by atoms with E-state index in [-0.39, 0.29) is 17.9 Å². The molecule has 0 N–H and O–H groups in total. The van der Waals surface area contributed by atoms with Crippen LogP contribution in [0, 0.1) is 13.8 Å². The lowest BCUT2D eigenvalue weighted by molar-refractivity contribution is 0.0920. The lowest BCUT2D eigenvalue weighted by Gasteiger charge is -2.25. The molecule has 1 heterocycles. The molecule has 1 aromatic carbocycles. The highest BCUT2D eigenvalue weighted by atomic mass is 16.5. The first-order valence-corrected chi connectivity index (χ1v) is 8.32. The van der Waals surface area contributed by atoms with Crippen molar-refractivity contribution in [2.75, 3.05) is 13.2 Å². The summed E-state index contributed by atoms with van der Waals surface area (Å²) in [5.41, 5.74) is 2.75. The molecule has 0 aliphatic rings. The van der Waals surface area contributed by atoms with E-state index >= 15 is 0 Å². The van der Waals surface area contributed by atoms with Gasteiger partial charge in [0.05, 0.1) is 6.61 Å².